The molecule has 0 fully saturated rings. The second-order valence-corrected chi connectivity index (χ2v) is 5.26. The first-order chi connectivity index (χ1) is 9.79. The number of fused-ring (bicyclic) bond motifs is 1. The van der Waals surface area contributed by atoms with Crippen LogP contribution in [-0.4, -0.2) is 16.6 Å². The molecule has 1 atom stereocenters. The Kier molecular flexibility index (Phi) is 3.70. The third-order valence-electron chi connectivity index (χ3n) is 3.93. The van der Waals surface area contributed by atoms with Gasteiger partial charge in [0, 0.05) is 18.4 Å². The third-order valence-corrected chi connectivity index (χ3v) is 3.93. The number of aromatic nitrogens is 1. The Balaban J connectivity index is 1.91. The molecule has 0 aliphatic carbocycles. The second kappa shape index (κ2) is 5.63. The molecule has 1 N–H and O–H groups in total. The number of aliphatic hydroxyl groups excluding tert-OH is 1. The highest BCUT2D eigenvalue weighted by Gasteiger charge is 2.18. The first-order valence-corrected chi connectivity index (χ1v) is 7.29. The fourth-order valence-electron chi connectivity index (χ4n) is 2.76. The van der Waals surface area contributed by atoms with Gasteiger partial charge < -0.3 is 10.0 Å². The molecule has 104 valence electrons. The van der Waals surface area contributed by atoms with E-state index in [1.807, 2.05) is 19.1 Å². The van der Waals surface area contributed by atoms with Crippen molar-refractivity contribution in [1.82, 2.24) is 4.98 Å². The highest BCUT2D eigenvalue weighted by Crippen LogP contribution is 2.32. The number of hydrogen-bond donors (Lipinski definition) is 1. The molecule has 20 heavy (non-hydrogen) atoms. The van der Waals surface area contributed by atoms with Crippen molar-refractivity contribution in [2.24, 2.45) is 0 Å². The van der Waals surface area contributed by atoms with Gasteiger partial charge in [0.1, 0.15) is 5.82 Å². The monoisotopic (exact) mass is 268 g/mol. The molecule has 3 rings (SSSR count). The van der Waals surface area contributed by atoms with Crippen molar-refractivity contribution in [2.45, 2.75) is 32.3 Å². The molecule has 0 amide bonds. The van der Waals surface area contributed by atoms with E-state index < -0.39 is 6.10 Å². The van der Waals surface area contributed by atoms with E-state index in [2.05, 4.69) is 34.1 Å². The Morgan fingerprint density at radius 1 is 1.25 bits per heavy atom. The zero-order valence-electron chi connectivity index (χ0n) is 11.8. The fourth-order valence-corrected chi connectivity index (χ4v) is 2.76. The smallest absolute Gasteiger partial charge is 0.132 e. The van der Waals surface area contributed by atoms with Crippen molar-refractivity contribution in [3.05, 3.63) is 53.7 Å². The standard InChI is InChI=1S/C17H20N2O/c1-2-16(20)14-9-10-17(18-12-14)19-11-5-7-13-6-3-4-8-15(13)19/h3-4,6,8-10,12,16,20H,2,5,7,11H2,1H3. The molecule has 1 aromatic carbocycles. The first kappa shape index (κ1) is 13.1. The zero-order chi connectivity index (χ0) is 13.9. The van der Waals surface area contributed by atoms with Gasteiger partial charge in [0.25, 0.3) is 0 Å². The Bertz CT molecular complexity index is 580. The molecule has 0 saturated heterocycles. The first-order valence-electron chi connectivity index (χ1n) is 7.29. The molecular formula is C17H20N2O. The van der Waals surface area contributed by atoms with Crippen molar-refractivity contribution in [3.8, 4) is 0 Å². The van der Waals surface area contributed by atoms with E-state index in [1.165, 1.54) is 11.3 Å². The summed E-state index contributed by atoms with van der Waals surface area (Å²) in [4.78, 5) is 6.80. The summed E-state index contributed by atoms with van der Waals surface area (Å²) in [6.45, 7) is 2.97. The van der Waals surface area contributed by atoms with E-state index >= 15 is 0 Å². The van der Waals surface area contributed by atoms with Crippen molar-refractivity contribution >= 4 is 11.5 Å². The summed E-state index contributed by atoms with van der Waals surface area (Å²) in [6, 6.07) is 12.5. The summed E-state index contributed by atoms with van der Waals surface area (Å²) in [5.74, 6) is 0.962. The van der Waals surface area contributed by atoms with Crippen molar-refractivity contribution < 1.29 is 5.11 Å². The average molecular weight is 268 g/mol. The minimum Gasteiger partial charge on any atom is -0.388 e. The maximum atomic E-state index is 9.83. The van der Waals surface area contributed by atoms with Gasteiger partial charge in [0.15, 0.2) is 0 Å². The van der Waals surface area contributed by atoms with Crippen LogP contribution >= 0.6 is 0 Å². The highest BCUT2D eigenvalue weighted by atomic mass is 16.3. The van der Waals surface area contributed by atoms with E-state index in [-0.39, 0.29) is 0 Å². The van der Waals surface area contributed by atoms with Gasteiger partial charge in [-0.15, -0.1) is 0 Å². The summed E-state index contributed by atoms with van der Waals surface area (Å²) in [5, 5.41) is 9.83. The Morgan fingerprint density at radius 2 is 2.10 bits per heavy atom. The number of rotatable bonds is 3. The quantitative estimate of drug-likeness (QED) is 0.923. The topological polar surface area (TPSA) is 36.4 Å². The minimum atomic E-state index is -0.412. The van der Waals surface area contributed by atoms with Crippen molar-refractivity contribution in [1.29, 1.82) is 0 Å². The number of hydrogen-bond acceptors (Lipinski definition) is 3. The summed E-state index contributed by atoms with van der Waals surface area (Å²) < 4.78 is 0. The van der Waals surface area contributed by atoms with E-state index in [0.29, 0.717) is 6.42 Å². The third kappa shape index (κ3) is 2.41. The Hall–Kier alpha value is -1.87. The second-order valence-electron chi connectivity index (χ2n) is 5.26. The molecule has 1 aliphatic heterocycles. The molecule has 0 spiro atoms. The van der Waals surface area contributed by atoms with E-state index in [1.54, 1.807) is 6.20 Å². The summed E-state index contributed by atoms with van der Waals surface area (Å²) in [5.41, 5.74) is 3.54. The molecule has 1 aliphatic rings. The van der Waals surface area contributed by atoms with Crippen LogP contribution in [-0.2, 0) is 6.42 Å². The number of anilines is 2. The highest BCUT2D eigenvalue weighted by molar-refractivity contribution is 5.65. The minimum absolute atomic E-state index is 0.412. The molecule has 0 saturated carbocycles. The Morgan fingerprint density at radius 3 is 2.85 bits per heavy atom. The maximum absolute atomic E-state index is 9.83. The van der Waals surface area contributed by atoms with Crippen LogP contribution in [0.1, 0.15) is 37.0 Å². The van der Waals surface area contributed by atoms with E-state index in [9.17, 15) is 5.11 Å². The van der Waals surface area contributed by atoms with Gasteiger partial charge in [-0.3, -0.25) is 0 Å². The molecule has 3 heteroatoms. The fraction of sp³-hybridized carbons (Fsp3) is 0.353. The predicted molar refractivity (Wildman–Crippen MR) is 81.3 cm³/mol. The molecule has 1 unspecified atom stereocenters. The van der Waals surface area contributed by atoms with Crippen LogP contribution in [0.2, 0.25) is 0 Å². The van der Waals surface area contributed by atoms with Gasteiger partial charge in [-0.2, -0.15) is 0 Å². The number of aryl methyl sites for hydroxylation is 1. The van der Waals surface area contributed by atoms with Gasteiger partial charge in [0.05, 0.1) is 6.10 Å². The van der Waals surface area contributed by atoms with Gasteiger partial charge in [-0.25, -0.2) is 4.98 Å². The molecule has 0 radical (unpaired) electrons. The van der Waals surface area contributed by atoms with Gasteiger partial charge >= 0.3 is 0 Å². The molecule has 1 aromatic heterocycles. The van der Waals surface area contributed by atoms with Crippen molar-refractivity contribution in [3.63, 3.8) is 0 Å². The number of benzene rings is 1. The van der Waals surface area contributed by atoms with Gasteiger partial charge in [-0.05, 0) is 42.5 Å². The molecular weight excluding hydrogens is 248 g/mol. The summed E-state index contributed by atoms with van der Waals surface area (Å²) >= 11 is 0. The van der Waals surface area contributed by atoms with Crippen LogP contribution in [0.15, 0.2) is 42.6 Å². The number of para-hydroxylation sites is 1. The van der Waals surface area contributed by atoms with Gasteiger partial charge in [0.2, 0.25) is 0 Å². The van der Waals surface area contributed by atoms with Crippen LogP contribution in [0.5, 0.6) is 0 Å². The van der Waals surface area contributed by atoms with E-state index in [0.717, 1.165) is 30.8 Å². The molecule has 3 nitrogen and oxygen atoms in total. The lowest BCUT2D eigenvalue weighted by Gasteiger charge is -2.30. The lowest BCUT2D eigenvalue weighted by Crippen LogP contribution is -2.25. The average Bonchev–Trinajstić information content (AvgIpc) is 2.54. The largest absolute Gasteiger partial charge is 0.388 e. The lowest BCUT2D eigenvalue weighted by molar-refractivity contribution is 0.173. The molecule has 0 bridgehead atoms. The number of nitrogens with zero attached hydrogens (tertiary/aromatic N) is 2. The molecule has 2 heterocycles. The van der Waals surface area contributed by atoms with E-state index in [4.69, 9.17) is 0 Å². The van der Waals surface area contributed by atoms with Gasteiger partial charge in [-0.1, -0.05) is 31.2 Å². The lowest BCUT2D eigenvalue weighted by atomic mass is 10.0. The maximum Gasteiger partial charge on any atom is 0.132 e. The predicted octanol–water partition coefficient (Wildman–Crippen LogP) is 3.61. The summed E-state index contributed by atoms with van der Waals surface area (Å²) in [6.07, 6.45) is 4.39. The normalized spacial score (nSPS) is 15.8. The Labute approximate surface area is 119 Å². The van der Waals surface area contributed by atoms with Crippen LogP contribution in [0.4, 0.5) is 11.5 Å². The SMILES string of the molecule is CCC(O)c1ccc(N2CCCc3ccccc32)nc1. The number of pyridine rings is 1. The van der Waals surface area contributed by atoms with Crippen LogP contribution in [0, 0.1) is 0 Å². The zero-order valence-corrected chi connectivity index (χ0v) is 11.8. The van der Waals surface area contributed by atoms with Crippen LogP contribution in [0.25, 0.3) is 0 Å². The van der Waals surface area contributed by atoms with Crippen LogP contribution < -0.4 is 4.90 Å². The molecule has 2 aromatic rings. The van der Waals surface area contributed by atoms with Crippen LogP contribution in [0.3, 0.4) is 0 Å². The van der Waals surface area contributed by atoms with Crippen molar-refractivity contribution in [2.75, 3.05) is 11.4 Å². The summed E-state index contributed by atoms with van der Waals surface area (Å²) in [7, 11) is 0. The number of aliphatic hydroxyl groups is 1.